The van der Waals surface area contributed by atoms with Crippen LogP contribution in [0.5, 0.6) is 5.75 Å². The maximum atomic E-state index is 13.7. The zero-order valence-corrected chi connectivity index (χ0v) is 18.7. The Bertz CT molecular complexity index is 940. The van der Waals surface area contributed by atoms with Crippen LogP contribution in [0.2, 0.25) is 0 Å². The monoisotopic (exact) mass is 437 g/mol. The molecule has 4 atom stereocenters. The number of allylic oxidation sites excluding steroid dienone is 2. The number of imide groups is 1. The van der Waals surface area contributed by atoms with E-state index in [4.69, 9.17) is 4.65 Å². The molecule has 2 N–H and O–H groups in total. The highest BCUT2D eigenvalue weighted by molar-refractivity contribution is 6.53. The molecule has 2 aliphatic carbocycles. The summed E-state index contributed by atoms with van der Waals surface area (Å²) in [6, 6.07) is 7.01. The summed E-state index contributed by atoms with van der Waals surface area (Å²) < 4.78 is 5.98. The molecular formula is C25H32BNO5. The van der Waals surface area contributed by atoms with Crippen molar-refractivity contribution in [1.82, 2.24) is 4.90 Å². The minimum atomic E-state index is -1.12. The molecule has 0 unspecified atom stereocenters. The molecule has 6 nitrogen and oxygen atoms in total. The van der Waals surface area contributed by atoms with Gasteiger partial charge in [0.1, 0.15) is 5.75 Å². The highest BCUT2D eigenvalue weighted by Gasteiger charge is 2.58. The number of hydrogen-bond acceptors (Lipinski definition) is 5. The molecule has 3 fully saturated rings. The third kappa shape index (κ3) is 3.50. The molecule has 2 saturated heterocycles. The van der Waals surface area contributed by atoms with Gasteiger partial charge in [0, 0.05) is 11.6 Å². The summed E-state index contributed by atoms with van der Waals surface area (Å²) in [7, 11) is -1.12. The predicted molar refractivity (Wildman–Crippen MR) is 120 cm³/mol. The van der Waals surface area contributed by atoms with Crippen LogP contribution in [0, 0.1) is 17.8 Å². The lowest BCUT2D eigenvalue weighted by Gasteiger charge is -2.42. The molecule has 2 amide bonds. The largest absolute Gasteiger partial charge is 0.508 e. The maximum absolute atomic E-state index is 13.7. The highest BCUT2D eigenvalue weighted by atomic mass is 16.5. The van der Waals surface area contributed by atoms with Crippen LogP contribution < -0.4 is 0 Å². The Kier molecular flexibility index (Phi) is 5.89. The molecule has 170 valence electrons. The zero-order valence-electron chi connectivity index (χ0n) is 18.7. The van der Waals surface area contributed by atoms with E-state index in [1.165, 1.54) is 6.42 Å². The van der Waals surface area contributed by atoms with Gasteiger partial charge in [-0.1, -0.05) is 56.4 Å². The van der Waals surface area contributed by atoms with Crippen LogP contribution in [0.1, 0.15) is 76.4 Å². The van der Waals surface area contributed by atoms with Crippen molar-refractivity contribution >= 4 is 18.9 Å². The van der Waals surface area contributed by atoms with Gasteiger partial charge >= 0.3 is 7.12 Å². The Morgan fingerprint density at radius 1 is 1.09 bits per heavy atom. The van der Waals surface area contributed by atoms with Crippen LogP contribution >= 0.6 is 0 Å². The van der Waals surface area contributed by atoms with Crippen molar-refractivity contribution in [3.63, 3.8) is 0 Å². The first-order valence-electron chi connectivity index (χ1n) is 12.2. The lowest BCUT2D eigenvalue weighted by molar-refractivity contribution is -0.143. The Balaban J connectivity index is 1.52. The van der Waals surface area contributed by atoms with Gasteiger partial charge in [-0.25, -0.2) is 0 Å². The van der Waals surface area contributed by atoms with Crippen LogP contribution in [0.4, 0.5) is 0 Å². The minimum absolute atomic E-state index is 0.0142. The minimum Gasteiger partial charge on any atom is -0.508 e. The number of likely N-dealkylation sites (tertiary alicyclic amines) is 1. The molecule has 0 aromatic heterocycles. The van der Waals surface area contributed by atoms with E-state index < -0.39 is 19.1 Å². The van der Waals surface area contributed by atoms with Gasteiger partial charge in [0.25, 0.3) is 0 Å². The fourth-order valence-electron chi connectivity index (χ4n) is 6.63. The molecule has 5 rings (SSSR count). The third-order valence-corrected chi connectivity index (χ3v) is 8.02. The van der Waals surface area contributed by atoms with Gasteiger partial charge in [0.05, 0.1) is 17.9 Å². The number of nitrogens with zero attached hydrogens (tertiary/aromatic N) is 1. The van der Waals surface area contributed by atoms with E-state index in [0.29, 0.717) is 18.4 Å². The molecule has 0 spiro atoms. The molecule has 2 aliphatic heterocycles. The van der Waals surface area contributed by atoms with E-state index in [0.717, 1.165) is 49.6 Å². The molecule has 2 heterocycles. The van der Waals surface area contributed by atoms with Gasteiger partial charge in [-0.15, -0.1) is 0 Å². The van der Waals surface area contributed by atoms with E-state index in [9.17, 15) is 19.7 Å². The molecule has 4 aliphatic rings. The Morgan fingerprint density at radius 2 is 1.84 bits per heavy atom. The van der Waals surface area contributed by atoms with Crippen molar-refractivity contribution in [2.24, 2.45) is 17.8 Å². The molecule has 7 heteroatoms. The summed E-state index contributed by atoms with van der Waals surface area (Å²) in [5.41, 5.74) is 2.51. The first kappa shape index (κ1) is 21.7. The van der Waals surface area contributed by atoms with Crippen LogP contribution in [0.3, 0.4) is 0 Å². The van der Waals surface area contributed by atoms with Crippen molar-refractivity contribution in [3.05, 3.63) is 40.9 Å². The normalized spacial score (nSPS) is 31.2. The van der Waals surface area contributed by atoms with Gasteiger partial charge in [0.2, 0.25) is 11.8 Å². The number of carbonyl (C=O) groups is 2. The first-order valence-corrected chi connectivity index (χ1v) is 12.2. The SMILES string of the molecule is CCCC1=C2B(O)O[C@H](c3ccccc3O)C[C@H]2[C@H]2C(=O)N(C3CCCCC3)C(=O)[C@H]2C1. The number of amides is 2. The Morgan fingerprint density at radius 3 is 2.56 bits per heavy atom. The number of fused-ring (bicyclic) bond motifs is 3. The predicted octanol–water partition coefficient (Wildman–Crippen LogP) is 3.92. The fourth-order valence-corrected chi connectivity index (χ4v) is 6.63. The highest BCUT2D eigenvalue weighted by Crippen LogP contribution is 2.53. The van der Waals surface area contributed by atoms with Gasteiger partial charge < -0.3 is 14.8 Å². The molecule has 32 heavy (non-hydrogen) atoms. The second-order valence-electron chi connectivity index (χ2n) is 9.86. The van der Waals surface area contributed by atoms with Crippen LogP contribution in [-0.4, -0.2) is 40.0 Å². The summed E-state index contributed by atoms with van der Waals surface area (Å²) in [5.74, 6) is -0.971. The summed E-state index contributed by atoms with van der Waals surface area (Å²) in [4.78, 5) is 28.8. The smallest absolute Gasteiger partial charge is 0.487 e. The number of phenols is 1. The van der Waals surface area contributed by atoms with Crippen molar-refractivity contribution in [3.8, 4) is 5.75 Å². The van der Waals surface area contributed by atoms with Gasteiger partial charge in [0.15, 0.2) is 0 Å². The Hall–Kier alpha value is -2.12. The lowest BCUT2D eigenvalue weighted by atomic mass is 9.54. The summed E-state index contributed by atoms with van der Waals surface area (Å²) in [6.45, 7) is 2.09. The number of benzene rings is 1. The fraction of sp³-hybridized carbons (Fsp3) is 0.600. The van der Waals surface area contributed by atoms with E-state index >= 15 is 0 Å². The van der Waals surface area contributed by atoms with Gasteiger partial charge in [-0.2, -0.15) is 0 Å². The van der Waals surface area contributed by atoms with E-state index in [1.54, 1.807) is 23.1 Å². The topological polar surface area (TPSA) is 87.1 Å². The van der Waals surface area contributed by atoms with Crippen LogP contribution in [0.25, 0.3) is 0 Å². The first-order chi connectivity index (χ1) is 15.5. The summed E-state index contributed by atoms with van der Waals surface area (Å²) >= 11 is 0. The summed E-state index contributed by atoms with van der Waals surface area (Å²) in [6.07, 6.45) is 7.30. The average Bonchev–Trinajstić information content (AvgIpc) is 3.04. The van der Waals surface area contributed by atoms with Crippen molar-refractivity contribution in [2.45, 2.75) is 76.9 Å². The molecule has 1 aromatic carbocycles. The second-order valence-corrected chi connectivity index (χ2v) is 9.86. The van der Waals surface area contributed by atoms with E-state index in [1.807, 2.05) is 6.07 Å². The molecule has 0 bridgehead atoms. The van der Waals surface area contributed by atoms with Crippen molar-refractivity contribution in [2.75, 3.05) is 0 Å². The molecule has 1 aromatic rings. The lowest BCUT2D eigenvalue weighted by Crippen LogP contribution is -2.45. The number of aromatic hydroxyl groups is 1. The number of carbonyl (C=O) groups excluding carboxylic acids is 2. The standard InChI is InChI=1S/C25H32BNO5/c1-2-8-15-13-19-22(25(30)27(24(19)29)16-9-4-3-5-10-16)18-14-21(32-26(31)23(15)18)17-11-6-7-12-20(17)28/h6-7,11-12,16,18-19,21-22,28,31H,2-5,8-10,13-14H2,1H3/t18-,19-,21-,22+/m0/s1. The second kappa shape index (κ2) is 8.67. The van der Waals surface area contributed by atoms with E-state index in [2.05, 4.69) is 6.92 Å². The van der Waals surface area contributed by atoms with E-state index in [-0.39, 0.29) is 35.4 Å². The van der Waals surface area contributed by atoms with Gasteiger partial charge in [-0.05, 0) is 49.6 Å². The van der Waals surface area contributed by atoms with Crippen LogP contribution in [0.15, 0.2) is 35.3 Å². The molecule has 0 radical (unpaired) electrons. The number of para-hydroxylation sites is 1. The Labute approximate surface area is 189 Å². The average molecular weight is 437 g/mol. The van der Waals surface area contributed by atoms with Gasteiger partial charge in [-0.3, -0.25) is 14.5 Å². The maximum Gasteiger partial charge on any atom is 0.487 e. The van der Waals surface area contributed by atoms with Crippen molar-refractivity contribution < 1.29 is 24.4 Å². The number of rotatable bonds is 4. The summed E-state index contributed by atoms with van der Waals surface area (Å²) in [5, 5.41) is 21.4. The van der Waals surface area contributed by atoms with Crippen LogP contribution in [-0.2, 0) is 14.2 Å². The van der Waals surface area contributed by atoms with Crippen molar-refractivity contribution in [1.29, 1.82) is 0 Å². The molecule has 1 saturated carbocycles. The number of phenolic OH excluding ortho intramolecular Hbond substituents is 1. The molecular weight excluding hydrogens is 405 g/mol. The number of hydrogen-bond donors (Lipinski definition) is 2. The zero-order chi connectivity index (χ0) is 22.4. The quantitative estimate of drug-likeness (QED) is 0.551. The third-order valence-electron chi connectivity index (χ3n) is 8.02.